The second-order valence-corrected chi connectivity index (χ2v) is 4.88. The molecule has 0 spiro atoms. The molecule has 0 aromatic carbocycles. The van der Waals surface area contributed by atoms with Crippen LogP contribution in [0.3, 0.4) is 0 Å². The molecule has 0 saturated heterocycles. The van der Waals surface area contributed by atoms with Crippen LogP contribution in [0.2, 0.25) is 0 Å². The highest BCUT2D eigenvalue weighted by atomic mass is 15.4. The van der Waals surface area contributed by atoms with Crippen LogP contribution in [0.4, 0.5) is 11.9 Å². The van der Waals surface area contributed by atoms with Crippen molar-refractivity contribution in [2.75, 3.05) is 23.7 Å². The Morgan fingerprint density at radius 2 is 2.19 bits per heavy atom. The lowest BCUT2D eigenvalue weighted by atomic mass is 10.2. The Hall–Kier alpha value is -2.76. The van der Waals surface area contributed by atoms with E-state index in [1.165, 1.54) is 17.3 Å². The fourth-order valence-corrected chi connectivity index (χ4v) is 1.82. The molecule has 0 atom stereocenters. The molecule has 2 rings (SSSR count). The highest BCUT2D eigenvalue weighted by molar-refractivity contribution is 5.37. The summed E-state index contributed by atoms with van der Waals surface area (Å²) >= 11 is 0. The van der Waals surface area contributed by atoms with E-state index in [1.807, 2.05) is 4.90 Å². The molecule has 21 heavy (non-hydrogen) atoms. The first-order valence-electron chi connectivity index (χ1n) is 6.58. The zero-order chi connectivity index (χ0) is 15.2. The summed E-state index contributed by atoms with van der Waals surface area (Å²) in [6.45, 7) is 5.43. The minimum absolute atomic E-state index is 0.108. The Morgan fingerprint density at radius 3 is 2.81 bits per heavy atom. The number of rotatable bonds is 6. The van der Waals surface area contributed by atoms with Gasteiger partial charge in [0.1, 0.15) is 12.7 Å². The van der Waals surface area contributed by atoms with Crippen molar-refractivity contribution < 1.29 is 0 Å². The molecule has 2 N–H and O–H groups in total. The number of aromatic nitrogens is 6. The second-order valence-electron chi connectivity index (χ2n) is 4.88. The van der Waals surface area contributed by atoms with Gasteiger partial charge in [-0.25, -0.2) is 4.98 Å². The molecule has 2 heterocycles. The molecule has 9 heteroatoms. The molecule has 110 valence electrons. The van der Waals surface area contributed by atoms with Crippen LogP contribution in [0.5, 0.6) is 0 Å². The van der Waals surface area contributed by atoms with Crippen LogP contribution in [0.15, 0.2) is 12.7 Å². The van der Waals surface area contributed by atoms with Gasteiger partial charge < -0.3 is 10.6 Å². The third-order valence-corrected chi connectivity index (χ3v) is 2.61. The Bertz CT molecular complexity index is 614. The van der Waals surface area contributed by atoms with Crippen molar-refractivity contribution in [3.63, 3.8) is 0 Å². The molecule has 0 aliphatic carbocycles. The molecule has 0 amide bonds. The van der Waals surface area contributed by atoms with Crippen LogP contribution >= 0.6 is 0 Å². The van der Waals surface area contributed by atoms with Crippen molar-refractivity contribution in [2.45, 2.75) is 20.3 Å². The van der Waals surface area contributed by atoms with E-state index >= 15 is 0 Å². The maximum Gasteiger partial charge on any atom is 0.258 e. The molecular formula is C12H17N9. The normalized spacial score (nSPS) is 10.6. The van der Waals surface area contributed by atoms with E-state index in [4.69, 9.17) is 11.0 Å². The highest BCUT2D eigenvalue weighted by Gasteiger charge is 2.15. The molecule has 0 fully saturated rings. The molecule has 2 aromatic rings. The van der Waals surface area contributed by atoms with Crippen LogP contribution in [0.25, 0.3) is 5.95 Å². The Morgan fingerprint density at radius 1 is 1.38 bits per heavy atom. The van der Waals surface area contributed by atoms with Crippen molar-refractivity contribution >= 4 is 11.9 Å². The van der Waals surface area contributed by atoms with Crippen LogP contribution in [-0.4, -0.2) is 42.8 Å². The second kappa shape index (κ2) is 6.60. The maximum absolute atomic E-state index is 8.78. The predicted molar refractivity (Wildman–Crippen MR) is 76.4 cm³/mol. The Labute approximate surface area is 122 Å². The first-order chi connectivity index (χ1) is 10.1. The highest BCUT2D eigenvalue weighted by Crippen LogP contribution is 2.13. The number of nitrogens with zero attached hydrogens (tertiary/aromatic N) is 8. The average Bonchev–Trinajstić information content (AvgIpc) is 2.96. The van der Waals surface area contributed by atoms with E-state index < -0.39 is 0 Å². The number of hydrogen-bond acceptors (Lipinski definition) is 8. The van der Waals surface area contributed by atoms with Gasteiger partial charge in [-0.3, -0.25) is 0 Å². The van der Waals surface area contributed by atoms with Gasteiger partial charge in [0.2, 0.25) is 11.9 Å². The summed E-state index contributed by atoms with van der Waals surface area (Å²) in [5.41, 5.74) is 5.75. The summed E-state index contributed by atoms with van der Waals surface area (Å²) in [4.78, 5) is 18.3. The lowest BCUT2D eigenvalue weighted by Crippen LogP contribution is -2.31. The van der Waals surface area contributed by atoms with Gasteiger partial charge in [-0.05, 0) is 5.92 Å². The minimum atomic E-state index is 0.108. The van der Waals surface area contributed by atoms with Gasteiger partial charge in [0, 0.05) is 13.1 Å². The van der Waals surface area contributed by atoms with E-state index in [1.54, 1.807) is 0 Å². The molecule has 0 saturated carbocycles. The monoisotopic (exact) mass is 287 g/mol. The van der Waals surface area contributed by atoms with Crippen LogP contribution in [0, 0.1) is 17.2 Å². The number of hydrogen-bond donors (Lipinski definition) is 1. The number of anilines is 2. The van der Waals surface area contributed by atoms with Crippen molar-refractivity contribution in [3.8, 4) is 12.0 Å². The lowest BCUT2D eigenvalue weighted by molar-refractivity contribution is 0.600. The fraction of sp³-hybridized carbons (Fsp3) is 0.500. The largest absolute Gasteiger partial charge is 0.368 e. The first-order valence-corrected chi connectivity index (χ1v) is 6.58. The summed E-state index contributed by atoms with van der Waals surface area (Å²) in [5.74, 6) is 1.25. The average molecular weight is 287 g/mol. The summed E-state index contributed by atoms with van der Waals surface area (Å²) in [6.07, 6.45) is 3.26. The van der Waals surface area contributed by atoms with Crippen LogP contribution in [-0.2, 0) is 0 Å². The van der Waals surface area contributed by atoms with Crippen molar-refractivity contribution in [3.05, 3.63) is 12.7 Å². The van der Waals surface area contributed by atoms with Gasteiger partial charge in [0.25, 0.3) is 5.95 Å². The smallest absolute Gasteiger partial charge is 0.258 e. The third kappa shape index (κ3) is 3.85. The van der Waals surface area contributed by atoms with E-state index in [9.17, 15) is 0 Å². The van der Waals surface area contributed by atoms with Crippen molar-refractivity contribution in [2.24, 2.45) is 5.92 Å². The maximum atomic E-state index is 8.78. The molecule has 0 unspecified atom stereocenters. The third-order valence-electron chi connectivity index (χ3n) is 2.61. The van der Waals surface area contributed by atoms with Gasteiger partial charge >= 0.3 is 0 Å². The van der Waals surface area contributed by atoms with E-state index in [0.29, 0.717) is 30.8 Å². The summed E-state index contributed by atoms with van der Waals surface area (Å²) in [5, 5.41) is 12.8. The molecule has 2 aromatic heterocycles. The Kier molecular flexibility index (Phi) is 4.61. The summed E-state index contributed by atoms with van der Waals surface area (Å²) in [6, 6.07) is 2.13. The van der Waals surface area contributed by atoms with Crippen molar-refractivity contribution in [1.82, 2.24) is 29.7 Å². The van der Waals surface area contributed by atoms with Gasteiger partial charge in [0.05, 0.1) is 12.5 Å². The molecule has 0 aliphatic rings. The lowest BCUT2D eigenvalue weighted by Gasteiger charge is -2.23. The fourth-order valence-electron chi connectivity index (χ4n) is 1.82. The van der Waals surface area contributed by atoms with E-state index in [2.05, 4.69) is 45.0 Å². The molecule has 9 nitrogen and oxygen atoms in total. The van der Waals surface area contributed by atoms with E-state index in [0.717, 1.165) is 6.54 Å². The number of nitrogens with two attached hydrogens (primary N) is 1. The van der Waals surface area contributed by atoms with Gasteiger partial charge in [0.15, 0.2) is 0 Å². The zero-order valence-electron chi connectivity index (χ0n) is 12.0. The van der Waals surface area contributed by atoms with Gasteiger partial charge in [-0.15, -0.1) is 0 Å². The van der Waals surface area contributed by atoms with Crippen LogP contribution < -0.4 is 10.6 Å². The SMILES string of the molecule is CC(C)CN(CCC#N)c1nc(N)nc(-n2cncn2)n1. The Balaban J connectivity index is 2.33. The predicted octanol–water partition coefficient (Wildman–Crippen LogP) is 0.411. The number of nitriles is 1. The summed E-state index contributed by atoms with van der Waals surface area (Å²) < 4.78 is 1.42. The molecule has 0 aliphatic heterocycles. The molecular weight excluding hydrogens is 270 g/mol. The first kappa shape index (κ1) is 14.6. The van der Waals surface area contributed by atoms with Gasteiger partial charge in [-0.2, -0.15) is 30.0 Å². The zero-order valence-corrected chi connectivity index (χ0v) is 12.0. The quantitative estimate of drug-likeness (QED) is 0.810. The number of nitrogen functional groups attached to an aromatic ring is 1. The molecule has 0 bridgehead atoms. The summed E-state index contributed by atoms with van der Waals surface area (Å²) in [7, 11) is 0. The minimum Gasteiger partial charge on any atom is -0.368 e. The topological polar surface area (TPSA) is 122 Å². The van der Waals surface area contributed by atoms with Gasteiger partial charge in [-0.1, -0.05) is 13.8 Å². The van der Waals surface area contributed by atoms with Crippen LogP contribution in [0.1, 0.15) is 20.3 Å². The van der Waals surface area contributed by atoms with Crippen molar-refractivity contribution in [1.29, 1.82) is 5.26 Å². The standard InChI is InChI=1S/C12H17N9/c1-9(2)6-20(5-3-4-13)11-17-10(14)18-12(19-11)21-8-15-7-16-21/h7-9H,3,5-6H2,1-2H3,(H2,14,17,18,19). The molecule has 0 radical (unpaired) electrons. The van der Waals surface area contributed by atoms with E-state index in [-0.39, 0.29) is 5.95 Å².